The van der Waals surface area contributed by atoms with E-state index in [0.717, 1.165) is 25.7 Å². The molecule has 2 heteroatoms. The second-order valence-corrected chi connectivity index (χ2v) is 6.46. The van der Waals surface area contributed by atoms with E-state index < -0.39 is 0 Å². The summed E-state index contributed by atoms with van der Waals surface area (Å²) in [5.74, 6) is -0.232. The van der Waals surface area contributed by atoms with E-state index in [0.29, 0.717) is 6.61 Å². The van der Waals surface area contributed by atoms with Crippen LogP contribution in [-0.4, -0.2) is 12.6 Å². The van der Waals surface area contributed by atoms with Crippen LogP contribution in [-0.2, 0) is 9.53 Å². The van der Waals surface area contributed by atoms with E-state index in [4.69, 9.17) is 4.74 Å². The summed E-state index contributed by atoms with van der Waals surface area (Å²) in [6, 6.07) is 0. The Morgan fingerprint density at radius 2 is 1.61 bits per heavy atom. The summed E-state index contributed by atoms with van der Waals surface area (Å²) in [5, 5.41) is 0. The maximum atomic E-state index is 11.6. The van der Waals surface area contributed by atoms with Gasteiger partial charge in [-0.1, -0.05) is 62.3 Å². The van der Waals surface area contributed by atoms with Crippen molar-refractivity contribution in [3.05, 3.63) is 35.5 Å². The van der Waals surface area contributed by atoms with Gasteiger partial charge in [0.15, 0.2) is 0 Å². The van der Waals surface area contributed by atoms with E-state index in [1.54, 1.807) is 6.08 Å². The Labute approximate surface area is 143 Å². The van der Waals surface area contributed by atoms with E-state index in [2.05, 4.69) is 33.8 Å². The summed E-state index contributed by atoms with van der Waals surface area (Å²) >= 11 is 0. The van der Waals surface area contributed by atoms with Gasteiger partial charge in [-0.05, 0) is 52.5 Å². The van der Waals surface area contributed by atoms with Crippen LogP contribution in [0, 0.1) is 0 Å². The number of rotatable bonds is 13. The lowest BCUT2D eigenvalue weighted by molar-refractivity contribution is -0.136. The van der Waals surface area contributed by atoms with Crippen molar-refractivity contribution in [2.45, 2.75) is 85.5 Å². The Balaban J connectivity index is 3.65. The molecule has 0 saturated carbocycles. The number of carbonyl (C=O) groups is 1. The van der Waals surface area contributed by atoms with Gasteiger partial charge in [0.2, 0.25) is 0 Å². The maximum Gasteiger partial charge on any atom is 0.330 e. The highest BCUT2D eigenvalue weighted by molar-refractivity contribution is 5.81. The summed E-state index contributed by atoms with van der Waals surface area (Å²) in [5.41, 5.74) is 2.62. The average Bonchev–Trinajstić information content (AvgIpc) is 2.49. The zero-order valence-corrected chi connectivity index (χ0v) is 15.7. The van der Waals surface area contributed by atoms with Crippen LogP contribution in [0.3, 0.4) is 0 Å². The van der Waals surface area contributed by atoms with Crippen molar-refractivity contribution in [1.82, 2.24) is 0 Å². The first-order valence-corrected chi connectivity index (χ1v) is 9.18. The lowest BCUT2D eigenvalue weighted by Crippen LogP contribution is -2.00. The molecule has 0 aliphatic carbocycles. The maximum absolute atomic E-state index is 11.6. The minimum Gasteiger partial charge on any atom is -0.458 e. The van der Waals surface area contributed by atoms with E-state index in [-0.39, 0.29) is 5.97 Å². The minimum atomic E-state index is -0.232. The topological polar surface area (TPSA) is 26.3 Å². The van der Waals surface area contributed by atoms with Gasteiger partial charge < -0.3 is 4.74 Å². The predicted octanol–water partition coefficient (Wildman–Crippen LogP) is 6.53. The van der Waals surface area contributed by atoms with E-state index in [1.165, 1.54) is 43.3 Å². The van der Waals surface area contributed by atoms with Gasteiger partial charge in [-0.15, -0.1) is 0 Å². The van der Waals surface area contributed by atoms with E-state index in [1.807, 2.05) is 12.2 Å². The summed E-state index contributed by atoms with van der Waals surface area (Å²) in [7, 11) is 0. The van der Waals surface area contributed by atoms with Gasteiger partial charge in [-0.2, -0.15) is 0 Å². The van der Waals surface area contributed by atoms with Gasteiger partial charge in [0, 0.05) is 6.08 Å². The molecule has 23 heavy (non-hydrogen) atoms. The second kappa shape index (κ2) is 15.6. The zero-order valence-electron chi connectivity index (χ0n) is 15.7. The summed E-state index contributed by atoms with van der Waals surface area (Å²) in [6.07, 6.45) is 18.5. The van der Waals surface area contributed by atoms with Gasteiger partial charge in [-0.3, -0.25) is 0 Å². The molecule has 0 bridgehead atoms. The van der Waals surface area contributed by atoms with E-state index >= 15 is 0 Å². The summed E-state index contributed by atoms with van der Waals surface area (Å²) < 4.78 is 5.18. The van der Waals surface area contributed by atoms with Crippen LogP contribution < -0.4 is 0 Å². The third-order valence-corrected chi connectivity index (χ3v) is 3.73. The van der Waals surface area contributed by atoms with Gasteiger partial charge in [0.25, 0.3) is 0 Å². The van der Waals surface area contributed by atoms with Crippen LogP contribution in [0.25, 0.3) is 0 Å². The Hall–Kier alpha value is -1.31. The summed E-state index contributed by atoms with van der Waals surface area (Å²) in [4.78, 5) is 11.6. The first-order chi connectivity index (χ1) is 11.1. The molecular weight excluding hydrogens is 284 g/mol. The fourth-order valence-electron chi connectivity index (χ4n) is 2.23. The molecule has 0 unspecified atom stereocenters. The minimum absolute atomic E-state index is 0.232. The Kier molecular flexibility index (Phi) is 14.7. The standard InChI is InChI=1S/C21H36O2/c1-5-6-7-8-9-10-11-12-16-21(22)23-18-17-20(4)15-13-14-19(2)3/h12,14,16-17H,5-11,13,15,18H2,1-4H3. The predicted molar refractivity (Wildman–Crippen MR) is 101 cm³/mol. The molecule has 2 nitrogen and oxygen atoms in total. The monoisotopic (exact) mass is 320 g/mol. The van der Waals surface area contributed by atoms with Crippen LogP contribution in [0.2, 0.25) is 0 Å². The fourth-order valence-corrected chi connectivity index (χ4v) is 2.23. The lowest BCUT2D eigenvalue weighted by atomic mass is 10.1. The van der Waals surface area contributed by atoms with Crippen molar-refractivity contribution in [2.24, 2.45) is 0 Å². The number of unbranched alkanes of at least 4 members (excludes halogenated alkanes) is 6. The van der Waals surface area contributed by atoms with Crippen molar-refractivity contribution in [2.75, 3.05) is 6.61 Å². The molecule has 0 heterocycles. The van der Waals surface area contributed by atoms with Gasteiger partial charge in [-0.25, -0.2) is 4.79 Å². The average molecular weight is 321 g/mol. The van der Waals surface area contributed by atoms with Crippen molar-refractivity contribution in [1.29, 1.82) is 0 Å². The molecule has 0 spiro atoms. The number of esters is 1. The van der Waals surface area contributed by atoms with Crippen molar-refractivity contribution < 1.29 is 9.53 Å². The summed E-state index contributed by atoms with van der Waals surface area (Å²) in [6.45, 7) is 8.91. The van der Waals surface area contributed by atoms with Crippen LogP contribution in [0.4, 0.5) is 0 Å². The smallest absolute Gasteiger partial charge is 0.330 e. The van der Waals surface area contributed by atoms with Gasteiger partial charge in [0.1, 0.15) is 6.61 Å². The van der Waals surface area contributed by atoms with E-state index in [9.17, 15) is 4.79 Å². The molecule has 0 radical (unpaired) electrons. The fraction of sp³-hybridized carbons (Fsp3) is 0.667. The molecule has 0 aromatic carbocycles. The normalized spacial score (nSPS) is 11.7. The molecule has 0 fully saturated rings. The highest BCUT2D eigenvalue weighted by Crippen LogP contribution is 2.08. The molecule has 0 aliphatic rings. The first kappa shape index (κ1) is 21.7. The lowest BCUT2D eigenvalue weighted by Gasteiger charge is -2.01. The Morgan fingerprint density at radius 3 is 2.30 bits per heavy atom. The molecular formula is C21H36O2. The molecule has 0 rings (SSSR count). The third kappa shape index (κ3) is 16.9. The molecule has 132 valence electrons. The highest BCUT2D eigenvalue weighted by Gasteiger charge is 1.95. The van der Waals surface area contributed by atoms with Crippen molar-refractivity contribution in [3.63, 3.8) is 0 Å². The molecule has 0 saturated heterocycles. The van der Waals surface area contributed by atoms with Crippen LogP contribution in [0.5, 0.6) is 0 Å². The molecule has 0 aromatic heterocycles. The molecule has 0 atom stereocenters. The number of hydrogen-bond acceptors (Lipinski definition) is 2. The quantitative estimate of drug-likeness (QED) is 0.167. The number of allylic oxidation sites excluding steroid dienone is 4. The molecule has 0 aromatic rings. The molecule has 0 N–H and O–H groups in total. The molecule has 0 aliphatic heterocycles. The number of ether oxygens (including phenoxy) is 1. The molecule has 0 amide bonds. The van der Waals surface area contributed by atoms with Crippen LogP contribution >= 0.6 is 0 Å². The SMILES string of the molecule is CCCCCCCCC=CC(=O)OCC=C(C)CCC=C(C)C. The highest BCUT2D eigenvalue weighted by atomic mass is 16.5. The van der Waals surface area contributed by atoms with Gasteiger partial charge in [0.05, 0.1) is 0 Å². The number of hydrogen-bond donors (Lipinski definition) is 0. The van der Waals surface area contributed by atoms with Crippen LogP contribution in [0.1, 0.15) is 85.5 Å². The van der Waals surface area contributed by atoms with Crippen molar-refractivity contribution >= 4 is 5.97 Å². The van der Waals surface area contributed by atoms with Gasteiger partial charge >= 0.3 is 5.97 Å². The zero-order chi connectivity index (χ0) is 17.3. The van der Waals surface area contributed by atoms with Crippen molar-refractivity contribution in [3.8, 4) is 0 Å². The second-order valence-electron chi connectivity index (χ2n) is 6.46. The largest absolute Gasteiger partial charge is 0.458 e. The first-order valence-electron chi connectivity index (χ1n) is 9.18. The Morgan fingerprint density at radius 1 is 0.913 bits per heavy atom. The third-order valence-electron chi connectivity index (χ3n) is 3.73. The van der Waals surface area contributed by atoms with Crippen LogP contribution in [0.15, 0.2) is 35.5 Å². The Bertz CT molecular complexity index is 385. The number of carbonyl (C=O) groups excluding carboxylic acids is 1.